The number of piperidine rings is 1. The number of sulfonamides is 1. The molecule has 0 atom stereocenters. The summed E-state index contributed by atoms with van der Waals surface area (Å²) < 4.78 is 27.5. The fourth-order valence-corrected chi connectivity index (χ4v) is 5.54. The van der Waals surface area contributed by atoms with Gasteiger partial charge in [-0.2, -0.15) is 4.31 Å². The molecule has 172 valence electrons. The fourth-order valence-electron chi connectivity index (χ4n) is 4.11. The zero-order chi connectivity index (χ0) is 22.7. The summed E-state index contributed by atoms with van der Waals surface area (Å²) in [5.74, 6) is 2.25. The van der Waals surface area contributed by atoms with Gasteiger partial charge in [-0.05, 0) is 55.2 Å². The number of benzene rings is 1. The van der Waals surface area contributed by atoms with E-state index >= 15 is 0 Å². The number of nitrogens with one attached hydrogen (secondary N) is 1. The predicted molar refractivity (Wildman–Crippen MR) is 124 cm³/mol. The van der Waals surface area contributed by atoms with E-state index in [0.717, 1.165) is 30.6 Å². The monoisotopic (exact) mass is 458 g/mol. The van der Waals surface area contributed by atoms with Crippen LogP contribution in [-0.4, -0.2) is 68.1 Å². The molecule has 0 radical (unpaired) electrons. The van der Waals surface area contributed by atoms with Gasteiger partial charge < -0.3 is 15.1 Å². The highest BCUT2D eigenvalue weighted by Crippen LogP contribution is 2.24. The van der Waals surface area contributed by atoms with Crippen LogP contribution in [0.4, 0.5) is 17.3 Å². The van der Waals surface area contributed by atoms with Gasteiger partial charge in [-0.25, -0.2) is 8.42 Å². The van der Waals surface area contributed by atoms with E-state index in [2.05, 4.69) is 32.2 Å². The minimum atomic E-state index is -3.59. The van der Waals surface area contributed by atoms with E-state index < -0.39 is 10.0 Å². The van der Waals surface area contributed by atoms with Crippen molar-refractivity contribution in [2.24, 2.45) is 5.92 Å². The van der Waals surface area contributed by atoms with Crippen LogP contribution < -0.4 is 15.1 Å². The second kappa shape index (κ2) is 9.41. The SMILES string of the molecule is CC(=O)Nc1ccc(S(=O)(=O)N2CCN(c3ccc(N4CCC(C)CC4)nn3)CC2)cc1. The molecule has 0 aliphatic carbocycles. The van der Waals surface area contributed by atoms with Gasteiger partial charge in [0.15, 0.2) is 11.6 Å². The second-order valence-corrected chi connectivity index (χ2v) is 10.5. The third kappa shape index (κ3) is 5.02. The van der Waals surface area contributed by atoms with Gasteiger partial charge in [0.1, 0.15) is 0 Å². The summed E-state index contributed by atoms with van der Waals surface area (Å²) in [7, 11) is -3.59. The summed E-state index contributed by atoms with van der Waals surface area (Å²) >= 11 is 0. The van der Waals surface area contributed by atoms with Crippen LogP contribution in [0.15, 0.2) is 41.3 Å². The first-order valence-electron chi connectivity index (χ1n) is 11.0. The molecular weight excluding hydrogens is 428 g/mol. The molecular formula is C22H30N6O3S. The van der Waals surface area contributed by atoms with Gasteiger partial charge >= 0.3 is 0 Å². The fraction of sp³-hybridized carbons (Fsp3) is 0.500. The molecule has 1 N–H and O–H groups in total. The largest absolute Gasteiger partial charge is 0.355 e. The number of aromatic nitrogens is 2. The smallest absolute Gasteiger partial charge is 0.243 e. The molecule has 2 aliphatic heterocycles. The number of carbonyl (C=O) groups excluding carboxylic acids is 1. The molecule has 9 nitrogen and oxygen atoms in total. The van der Waals surface area contributed by atoms with E-state index in [1.165, 1.54) is 36.2 Å². The topological polar surface area (TPSA) is 98.7 Å². The molecule has 0 bridgehead atoms. The van der Waals surface area contributed by atoms with Gasteiger partial charge in [-0.15, -0.1) is 10.2 Å². The van der Waals surface area contributed by atoms with Crippen molar-refractivity contribution in [3.63, 3.8) is 0 Å². The summed E-state index contributed by atoms with van der Waals surface area (Å²) in [5, 5.41) is 11.5. The highest BCUT2D eigenvalue weighted by Gasteiger charge is 2.29. The van der Waals surface area contributed by atoms with Crippen LogP contribution in [0.1, 0.15) is 26.7 Å². The normalized spacial score (nSPS) is 18.6. The Morgan fingerprint density at radius 3 is 1.91 bits per heavy atom. The highest BCUT2D eigenvalue weighted by atomic mass is 32.2. The molecule has 4 rings (SSSR count). The molecule has 2 fully saturated rings. The van der Waals surface area contributed by atoms with E-state index in [4.69, 9.17) is 0 Å². The molecule has 1 aromatic carbocycles. The molecule has 1 aromatic heterocycles. The van der Waals surface area contributed by atoms with Crippen LogP contribution in [0.5, 0.6) is 0 Å². The molecule has 0 spiro atoms. The van der Waals surface area contributed by atoms with Crippen LogP contribution in [-0.2, 0) is 14.8 Å². The highest BCUT2D eigenvalue weighted by molar-refractivity contribution is 7.89. The first-order valence-corrected chi connectivity index (χ1v) is 12.5. The number of anilines is 3. The lowest BCUT2D eigenvalue weighted by atomic mass is 9.99. The molecule has 1 amide bonds. The number of nitrogens with zero attached hydrogens (tertiary/aromatic N) is 5. The van der Waals surface area contributed by atoms with Gasteiger partial charge in [-0.3, -0.25) is 4.79 Å². The van der Waals surface area contributed by atoms with Crippen LogP contribution in [0.3, 0.4) is 0 Å². The Morgan fingerprint density at radius 1 is 0.875 bits per heavy atom. The van der Waals surface area contributed by atoms with Crippen molar-refractivity contribution in [2.45, 2.75) is 31.6 Å². The second-order valence-electron chi connectivity index (χ2n) is 8.52. The lowest BCUT2D eigenvalue weighted by Gasteiger charge is -2.35. The summed E-state index contributed by atoms with van der Waals surface area (Å²) in [5.41, 5.74) is 0.572. The third-order valence-electron chi connectivity index (χ3n) is 6.12. The van der Waals surface area contributed by atoms with Crippen molar-refractivity contribution in [2.75, 3.05) is 54.4 Å². The first kappa shape index (κ1) is 22.5. The number of carbonyl (C=O) groups is 1. The van der Waals surface area contributed by atoms with Crippen LogP contribution >= 0.6 is 0 Å². The number of amides is 1. The van der Waals surface area contributed by atoms with Gasteiger partial charge in [0.25, 0.3) is 0 Å². The Kier molecular flexibility index (Phi) is 6.61. The summed E-state index contributed by atoms with van der Waals surface area (Å²) in [4.78, 5) is 15.7. The van der Waals surface area contributed by atoms with Gasteiger partial charge in [0.2, 0.25) is 15.9 Å². The summed E-state index contributed by atoms with van der Waals surface area (Å²) in [6.45, 7) is 7.58. The summed E-state index contributed by atoms with van der Waals surface area (Å²) in [6.07, 6.45) is 2.35. The maximum Gasteiger partial charge on any atom is 0.243 e. The molecule has 2 aromatic rings. The number of rotatable bonds is 5. The first-order chi connectivity index (χ1) is 15.3. The molecule has 3 heterocycles. The van der Waals surface area contributed by atoms with Gasteiger partial charge in [-0.1, -0.05) is 6.92 Å². The van der Waals surface area contributed by atoms with Crippen molar-refractivity contribution in [3.8, 4) is 0 Å². The van der Waals surface area contributed by atoms with Crippen LogP contribution in [0.25, 0.3) is 0 Å². The van der Waals surface area contributed by atoms with Crippen molar-refractivity contribution in [1.29, 1.82) is 0 Å². The van der Waals surface area contributed by atoms with Crippen LogP contribution in [0, 0.1) is 5.92 Å². The maximum absolute atomic E-state index is 13.0. The Bertz CT molecular complexity index is 1030. The zero-order valence-electron chi connectivity index (χ0n) is 18.6. The Hall–Kier alpha value is -2.72. The predicted octanol–water partition coefficient (Wildman–Crippen LogP) is 2.18. The van der Waals surface area contributed by atoms with Crippen molar-refractivity contribution < 1.29 is 13.2 Å². The minimum Gasteiger partial charge on any atom is -0.355 e. The number of piperazine rings is 1. The number of hydrogen-bond acceptors (Lipinski definition) is 7. The van der Waals surface area contributed by atoms with E-state index in [1.807, 2.05) is 12.1 Å². The molecule has 0 unspecified atom stereocenters. The zero-order valence-corrected chi connectivity index (χ0v) is 19.4. The molecule has 2 aliphatic rings. The quantitative estimate of drug-likeness (QED) is 0.733. The summed E-state index contributed by atoms with van der Waals surface area (Å²) in [6, 6.07) is 10.2. The standard InChI is InChI=1S/C22H30N6O3S/c1-17-9-11-26(12-10-17)21-7-8-22(25-24-21)27-13-15-28(16-14-27)32(30,31)20-5-3-19(4-6-20)23-18(2)29/h3-8,17H,9-16H2,1-2H3,(H,23,29). The van der Waals surface area contributed by atoms with Crippen LogP contribution in [0.2, 0.25) is 0 Å². The Labute approximate surface area is 189 Å². The average molecular weight is 459 g/mol. The maximum atomic E-state index is 13.0. The third-order valence-corrected chi connectivity index (χ3v) is 8.03. The van der Waals surface area contributed by atoms with Crippen molar-refractivity contribution >= 4 is 33.3 Å². The van der Waals surface area contributed by atoms with E-state index in [-0.39, 0.29) is 10.8 Å². The molecule has 32 heavy (non-hydrogen) atoms. The van der Waals surface area contributed by atoms with Crippen molar-refractivity contribution in [1.82, 2.24) is 14.5 Å². The minimum absolute atomic E-state index is 0.196. The number of hydrogen-bond donors (Lipinski definition) is 1. The molecule has 0 saturated carbocycles. The van der Waals surface area contributed by atoms with E-state index in [1.54, 1.807) is 12.1 Å². The molecule has 2 saturated heterocycles. The Morgan fingerprint density at radius 2 is 1.41 bits per heavy atom. The van der Waals surface area contributed by atoms with Gasteiger partial charge in [0.05, 0.1) is 4.90 Å². The lowest BCUT2D eigenvalue weighted by molar-refractivity contribution is -0.114. The van der Waals surface area contributed by atoms with Crippen molar-refractivity contribution in [3.05, 3.63) is 36.4 Å². The average Bonchev–Trinajstić information content (AvgIpc) is 2.80. The van der Waals surface area contributed by atoms with E-state index in [9.17, 15) is 13.2 Å². The Balaban J connectivity index is 1.35. The lowest BCUT2D eigenvalue weighted by Crippen LogP contribution is -2.49. The molecule has 10 heteroatoms. The van der Waals surface area contributed by atoms with Gasteiger partial charge in [0, 0.05) is 51.9 Å². The van der Waals surface area contributed by atoms with E-state index in [0.29, 0.717) is 31.9 Å².